The van der Waals surface area contributed by atoms with Crippen molar-refractivity contribution in [1.29, 1.82) is 0 Å². The van der Waals surface area contributed by atoms with Crippen LogP contribution in [0.3, 0.4) is 0 Å². The van der Waals surface area contributed by atoms with E-state index in [2.05, 4.69) is 13.8 Å². The topological polar surface area (TPSA) is 53.7 Å². The Hall–Kier alpha value is -4.33. The van der Waals surface area contributed by atoms with Gasteiger partial charge in [0.2, 0.25) is 5.96 Å². The smallest absolute Gasteiger partial charge is 0.282 e. The first-order valence-electron chi connectivity index (χ1n) is 12.7. The van der Waals surface area contributed by atoms with Crippen LogP contribution in [0.5, 0.6) is 0 Å². The number of carbonyl (C=O) groups excluding carboxylic acids is 1. The van der Waals surface area contributed by atoms with Crippen LogP contribution in [-0.2, 0) is 6.54 Å². The van der Waals surface area contributed by atoms with Crippen LogP contribution in [-0.4, -0.2) is 46.0 Å². The monoisotopic (exact) mass is 511 g/mol. The summed E-state index contributed by atoms with van der Waals surface area (Å²) in [6.07, 6.45) is 0. The molecular weight excluding hydrogens is 484 g/mol. The van der Waals surface area contributed by atoms with Crippen molar-refractivity contribution < 1.29 is 13.6 Å². The molecule has 1 amide bonds. The predicted molar refractivity (Wildman–Crippen MR) is 144 cm³/mol. The van der Waals surface area contributed by atoms with Crippen molar-refractivity contribution in [1.82, 2.24) is 14.5 Å². The number of amides is 1. The largest absolute Gasteiger partial charge is 0.305 e. The van der Waals surface area contributed by atoms with Crippen LogP contribution in [0.25, 0.3) is 22.5 Å². The summed E-state index contributed by atoms with van der Waals surface area (Å²) in [4.78, 5) is 26.6. The summed E-state index contributed by atoms with van der Waals surface area (Å²) < 4.78 is 30.4. The lowest BCUT2D eigenvalue weighted by molar-refractivity contribution is 0.0860. The van der Waals surface area contributed by atoms with Crippen LogP contribution < -0.4 is 4.90 Å². The van der Waals surface area contributed by atoms with Crippen LogP contribution in [0.15, 0.2) is 77.8 Å². The third kappa shape index (κ3) is 3.97. The van der Waals surface area contributed by atoms with Crippen LogP contribution >= 0.6 is 0 Å². The average molecular weight is 512 g/mol. The van der Waals surface area contributed by atoms with Crippen molar-refractivity contribution in [2.45, 2.75) is 26.4 Å². The van der Waals surface area contributed by atoms with Crippen molar-refractivity contribution in [3.8, 4) is 22.5 Å². The number of halogens is 2. The molecular formula is C30H27F2N5O. The van der Waals surface area contributed by atoms with Gasteiger partial charge in [0.25, 0.3) is 5.91 Å². The number of guanidine groups is 1. The molecule has 0 aliphatic carbocycles. The molecule has 6 rings (SSSR count). The summed E-state index contributed by atoms with van der Waals surface area (Å²) in [5.74, 6) is 0.410. The summed E-state index contributed by atoms with van der Waals surface area (Å²) >= 11 is 0. The Morgan fingerprint density at radius 2 is 1.63 bits per heavy atom. The van der Waals surface area contributed by atoms with E-state index in [1.165, 1.54) is 17.0 Å². The molecule has 1 aromatic heterocycles. The molecule has 3 heterocycles. The summed E-state index contributed by atoms with van der Waals surface area (Å²) in [7, 11) is 1.70. The van der Waals surface area contributed by atoms with Gasteiger partial charge in [0, 0.05) is 24.2 Å². The number of fused-ring (bicyclic) bond motifs is 3. The number of carbonyl (C=O) groups is 1. The molecule has 0 saturated carbocycles. The Kier molecular flexibility index (Phi) is 5.82. The molecule has 6 nitrogen and oxygen atoms in total. The molecule has 0 N–H and O–H groups in total. The quantitative estimate of drug-likeness (QED) is 0.339. The zero-order chi connectivity index (χ0) is 26.6. The van der Waals surface area contributed by atoms with E-state index in [4.69, 9.17) is 9.98 Å². The molecule has 2 aliphatic heterocycles. The molecule has 0 bridgehead atoms. The lowest BCUT2D eigenvalue weighted by Gasteiger charge is -2.32. The molecule has 0 fully saturated rings. The molecule has 0 spiro atoms. The second-order valence-electron chi connectivity index (χ2n) is 10.1. The first kappa shape index (κ1) is 24.0. The number of hydrogen-bond acceptors (Lipinski definition) is 4. The van der Waals surface area contributed by atoms with Crippen LogP contribution in [0.2, 0.25) is 0 Å². The predicted octanol–water partition coefficient (Wildman–Crippen LogP) is 5.83. The van der Waals surface area contributed by atoms with Gasteiger partial charge in [-0.25, -0.2) is 18.8 Å². The van der Waals surface area contributed by atoms with E-state index in [0.29, 0.717) is 35.4 Å². The Labute approximate surface area is 219 Å². The highest BCUT2D eigenvalue weighted by Gasteiger charge is 2.43. The summed E-state index contributed by atoms with van der Waals surface area (Å²) in [6, 6.07) is 21.5. The van der Waals surface area contributed by atoms with Crippen LogP contribution in [0, 0.1) is 17.6 Å². The van der Waals surface area contributed by atoms with Crippen molar-refractivity contribution >= 4 is 17.7 Å². The van der Waals surface area contributed by atoms with E-state index in [1.807, 2.05) is 64.1 Å². The second kappa shape index (κ2) is 9.20. The maximum Gasteiger partial charge on any atom is 0.282 e. The van der Waals surface area contributed by atoms with E-state index < -0.39 is 11.6 Å². The molecule has 3 aromatic carbocycles. The lowest BCUT2D eigenvalue weighted by atomic mass is 10.0. The molecule has 0 saturated heterocycles. The highest BCUT2D eigenvalue weighted by molar-refractivity contribution is 6.18. The Balaban J connectivity index is 1.50. The Morgan fingerprint density at radius 3 is 2.32 bits per heavy atom. The molecule has 1 atom stereocenters. The van der Waals surface area contributed by atoms with Crippen molar-refractivity contribution in [2.75, 3.05) is 18.5 Å². The summed E-state index contributed by atoms with van der Waals surface area (Å²) in [6.45, 7) is 4.86. The van der Waals surface area contributed by atoms with E-state index in [-0.39, 0.29) is 24.4 Å². The Morgan fingerprint density at radius 1 is 0.947 bits per heavy atom. The summed E-state index contributed by atoms with van der Waals surface area (Å²) in [5, 5.41) is 0. The van der Waals surface area contributed by atoms with Gasteiger partial charge in [0.1, 0.15) is 23.3 Å². The number of imidazole rings is 1. The van der Waals surface area contributed by atoms with E-state index in [0.717, 1.165) is 22.8 Å². The minimum absolute atomic E-state index is 0.00529. The van der Waals surface area contributed by atoms with E-state index in [9.17, 15) is 13.6 Å². The lowest BCUT2D eigenvalue weighted by Crippen LogP contribution is -2.49. The highest BCUT2D eigenvalue weighted by atomic mass is 19.1. The number of aromatic nitrogens is 2. The standard InChI is InChI=1S/C30H27F2N5O/c1-18(2)25-17-37-28-26(29(38)35(3)30(37)33-25)34-27(36(28)16-22-13-14-23(31)15-24(22)32)21-11-9-20(10-12-21)19-7-5-4-6-8-19/h4-15,18,25H,16-17H2,1-3H3/t25-/m0/s1. The van der Waals surface area contributed by atoms with Crippen LogP contribution in [0.1, 0.15) is 29.9 Å². The first-order valence-corrected chi connectivity index (χ1v) is 12.7. The number of hydrogen-bond donors (Lipinski definition) is 0. The van der Waals surface area contributed by atoms with Crippen molar-refractivity contribution in [3.05, 3.63) is 95.7 Å². The number of nitrogens with zero attached hydrogens (tertiary/aromatic N) is 5. The highest BCUT2D eigenvalue weighted by Crippen LogP contribution is 2.37. The maximum atomic E-state index is 14.8. The fourth-order valence-corrected chi connectivity index (χ4v) is 5.08. The van der Waals surface area contributed by atoms with Gasteiger partial charge in [0.15, 0.2) is 5.69 Å². The molecule has 0 radical (unpaired) electrons. The molecule has 8 heteroatoms. The fourth-order valence-electron chi connectivity index (χ4n) is 5.08. The van der Waals surface area contributed by atoms with Gasteiger partial charge in [-0.1, -0.05) is 74.5 Å². The number of anilines is 1. The minimum Gasteiger partial charge on any atom is -0.305 e. The third-order valence-corrected chi connectivity index (χ3v) is 7.26. The number of benzene rings is 3. The van der Waals surface area contributed by atoms with E-state index >= 15 is 0 Å². The van der Waals surface area contributed by atoms with Gasteiger partial charge < -0.3 is 4.57 Å². The minimum atomic E-state index is -0.646. The van der Waals surface area contributed by atoms with Gasteiger partial charge in [-0.05, 0) is 23.1 Å². The van der Waals surface area contributed by atoms with Crippen molar-refractivity contribution in [2.24, 2.45) is 10.9 Å². The first-order chi connectivity index (χ1) is 18.3. The van der Waals surface area contributed by atoms with Crippen molar-refractivity contribution in [3.63, 3.8) is 0 Å². The SMILES string of the molecule is CC(C)[C@@H]1CN2C(=N1)N(C)C(=O)c1nc(-c3ccc(-c4ccccc4)cc3)n(Cc3ccc(F)cc3F)c12. The van der Waals surface area contributed by atoms with Gasteiger partial charge >= 0.3 is 0 Å². The molecule has 2 aliphatic rings. The van der Waals surface area contributed by atoms with Gasteiger partial charge in [-0.15, -0.1) is 0 Å². The molecule has 0 unspecified atom stereocenters. The van der Waals surface area contributed by atoms with Gasteiger partial charge in [0.05, 0.1) is 19.1 Å². The van der Waals surface area contributed by atoms with E-state index in [1.54, 1.807) is 7.05 Å². The maximum absolute atomic E-state index is 14.8. The zero-order valence-electron chi connectivity index (χ0n) is 21.4. The third-order valence-electron chi connectivity index (χ3n) is 7.26. The number of aliphatic imine (C=N–C) groups is 1. The van der Waals surface area contributed by atoms with Gasteiger partial charge in [-0.3, -0.25) is 14.6 Å². The molecule has 38 heavy (non-hydrogen) atoms. The molecule has 4 aromatic rings. The van der Waals surface area contributed by atoms with Gasteiger partial charge in [-0.2, -0.15) is 0 Å². The molecule has 192 valence electrons. The average Bonchev–Trinajstić information content (AvgIpc) is 3.52. The second-order valence-corrected chi connectivity index (χ2v) is 10.1. The Bertz CT molecular complexity index is 1560. The number of rotatable bonds is 5. The fraction of sp³-hybridized carbons (Fsp3) is 0.233. The van der Waals surface area contributed by atoms with Crippen LogP contribution in [0.4, 0.5) is 14.6 Å². The normalized spacial score (nSPS) is 16.6. The summed E-state index contributed by atoms with van der Waals surface area (Å²) in [5.41, 5.74) is 3.52. The zero-order valence-corrected chi connectivity index (χ0v) is 21.4.